The lowest BCUT2D eigenvalue weighted by molar-refractivity contribution is -0.121. The average molecular weight is 652 g/mol. The van der Waals surface area contributed by atoms with Crippen molar-refractivity contribution in [2.45, 2.75) is 43.9 Å². The van der Waals surface area contributed by atoms with Crippen LogP contribution in [0.4, 0.5) is 10.3 Å². The van der Waals surface area contributed by atoms with Crippen LogP contribution < -0.4 is 15.8 Å². The Morgan fingerprint density at radius 1 is 0.860 bits per heavy atom. The van der Waals surface area contributed by atoms with Gasteiger partial charge in [-0.3, -0.25) is 4.79 Å². The molecule has 6 nitrogen and oxygen atoms in total. The Morgan fingerprint density at radius 2 is 1.42 bits per heavy atom. The molecular weight excluding hydrogens is 619 g/mol. The zero-order valence-corrected chi connectivity index (χ0v) is 26.8. The van der Waals surface area contributed by atoms with Gasteiger partial charge in [0.15, 0.2) is 10.3 Å². The predicted molar refractivity (Wildman–Crippen MR) is 179 cm³/mol. The summed E-state index contributed by atoms with van der Waals surface area (Å²) in [6.45, 7) is 0. The van der Waals surface area contributed by atoms with Gasteiger partial charge in [0.05, 0.1) is 12.5 Å². The fourth-order valence-electron chi connectivity index (χ4n) is 5.26. The molecule has 0 radical (unpaired) electrons. The van der Waals surface area contributed by atoms with E-state index in [1.807, 2.05) is 79.0 Å². The standard InChI is InChI=1S/C23H23ClN2O2S.C10H9ClN2S/c1-28-18-10-8-17(9-11-18)23(12-4-5-13-23)21(27)26-22-25-15-19(29-22)14-16-6-2-3-7-20(16)24;11-9-4-2-1-3-7(9)5-8-6-13-10(12)14-8/h2-3,6-11,15H,4-5,12-14H2,1H3,(H,25,26,27);1-4,6H,5H2,(H2,12,13). The number of rotatable bonds is 8. The van der Waals surface area contributed by atoms with Crippen molar-refractivity contribution in [1.82, 2.24) is 9.97 Å². The number of halogens is 2. The van der Waals surface area contributed by atoms with Crippen molar-refractivity contribution in [3.05, 3.63) is 122 Å². The van der Waals surface area contributed by atoms with Crippen molar-refractivity contribution in [2.75, 3.05) is 18.2 Å². The number of nitrogens with one attached hydrogen (secondary N) is 1. The maximum absolute atomic E-state index is 13.3. The van der Waals surface area contributed by atoms with E-state index < -0.39 is 5.41 Å². The normalized spacial score (nSPS) is 13.7. The molecule has 2 aromatic heterocycles. The molecule has 1 fully saturated rings. The SMILES string of the molecule is COc1ccc(C2(C(=O)Nc3ncc(Cc4ccccc4Cl)s3)CCCC2)cc1.Nc1ncc(Cc2ccccc2Cl)s1. The van der Waals surface area contributed by atoms with Gasteiger partial charge in [-0.05, 0) is 53.8 Å². The first-order valence-corrected chi connectivity index (χ1v) is 16.3. The molecule has 3 aromatic carbocycles. The van der Waals surface area contributed by atoms with Crippen LogP contribution in [0.3, 0.4) is 0 Å². The molecule has 0 unspecified atom stereocenters. The van der Waals surface area contributed by atoms with Crippen LogP contribution in [0, 0.1) is 0 Å². The Hall–Kier alpha value is -3.43. The molecule has 0 bridgehead atoms. The number of aromatic nitrogens is 2. The second-order valence-corrected chi connectivity index (χ2v) is 13.4. The number of carbonyl (C=O) groups is 1. The fraction of sp³-hybridized carbons (Fsp3) is 0.242. The van der Waals surface area contributed by atoms with Crippen LogP contribution in [0.5, 0.6) is 5.75 Å². The first-order valence-electron chi connectivity index (χ1n) is 13.9. The van der Waals surface area contributed by atoms with Crippen LogP contribution in [-0.2, 0) is 23.1 Å². The molecule has 43 heavy (non-hydrogen) atoms. The van der Waals surface area contributed by atoms with Crippen LogP contribution >= 0.6 is 45.9 Å². The number of thiazole rings is 2. The van der Waals surface area contributed by atoms with Gasteiger partial charge in [0.2, 0.25) is 5.91 Å². The highest BCUT2D eigenvalue weighted by atomic mass is 35.5. The van der Waals surface area contributed by atoms with Crippen molar-refractivity contribution in [3.63, 3.8) is 0 Å². The second kappa shape index (κ2) is 14.4. The highest BCUT2D eigenvalue weighted by Crippen LogP contribution is 2.43. The molecule has 3 N–H and O–H groups in total. The molecule has 1 amide bonds. The minimum Gasteiger partial charge on any atom is -0.497 e. The second-order valence-electron chi connectivity index (χ2n) is 10.3. The predicted octanol–water partition coefficient (Wildman–Crippen LogP) is 8.82. The Bertz CT molecular complexity index is 1660. The summed E-state index contributed by atoms with van der Waals surface area (Å²) in [7, 11) is 1.65. The summed E-state index contributed by atoms with van der Waals surface area (Å²) < 4.78 is 5.26. The Kier molecular flexibility index (Phi) is 10.4. The largest absolute Gasteiger partial charge is 0.497 e. The van der Waals surface area contributed by atoms with Gasteiger partial charge in [-0.1, -0.05) is 84.6 Å². The monoisotopic (exact) mass is 650 g/mol. The lowest BCUT2D eigenvalue weighted by Crippen LogP contribution is -2.37. The minimum atomic E-state index is -0.499. The number of methoxy groups -OCH3 is 1. The summed E-state index contributed by atoms with van der Waals surface area (Å²) in [5, 5.41) is 5.85. The smallest absolute Gasteiger partial charge is 0.236 e. The van der Waals surface area contributed by atoms with Crippen molar-refractivity contribution in [1.29, 1.82) is 0 Å². The minimum absolute atomic E-state index is 0.0267. The molecule has 5 aromatic rings. The van der Waals surface area contributed by atoms with Crippen LogP contribution in [0.2, 0.25) is 10.0 Å². The van der Waals surface area contributed by atoms with Crippen molar-refractivity contribution in [2.24, 2.45) is 0 Å². The zero-order valence-electron chi connectivity index (χ0n) is 23.7. The highest BCUT2D eigenvalue weighted by Gasteiger charge is 2.43. The van der Waals surface area contributed by atoms with Crippen molar-refractivity contribution < 1.29 is 9.53 Å². The summed E-state index contributed by atoms with van der Waals surface area (Å²) in [6.07, 6.45) is 8.92. The number of carbonyl (C=O) groups excluding carboxylic acids is 1. The van der Waals surface area contributed by atoms with Crippen molar-refractivity contribution in [3.8, 4) is 5.75 Å². The molecule has 0 spiro atoms. The highest BCUT2D eigenvalue weighted by molar-refractivity contribution is 7.15. The molecule has 1 aliphatic carbocycles. The summed E-state index contributed by atoms with van der Waals surface area (Å²) in [5.74, 6) is 0.824. The van der Waals surface area contributed by atoms with E-state index in [4.69, 9.17) is 33.7 Å². The molecule has 0 saturated heterocycles. The lowest BCUT2D eigenvalue weighted by Gasteiger charge is -2.28. The van der Waals surface area contributed by atoms with Gasteiger partial charge in [-0.2, -0.15) is 0 Å². The van der Waals surface area contributed by atoms with Gasteiger partial charge in [0.1, 0.15) is 5.75 Å². The molecule has 6 rings (SSSR count). The molecular formula is C33H32Cl2N4O2S2. The Morgan fingerprint density at radius 3 is 1.95 bits per heavy atom. The van der Waals surface area contributed by atoms with Gasteiger partial charge >= 0.3 is 0 Å². The number of amides is 1. The number of nitrogens with zero attached hydrogens (tertiary/aromatic N) is 2. The zero-order chi connectivity index (χ0) is 30.2. The van der Waals surface area contributed by atoms with Gasteiger partial charge in [0, 0.05) is 45.0 Å². The molecule has 0 aliphatic heterocycles. The van der Waals surface area contributed by atoms with Crippen molar-refractivity contribution >= 4 is 62.0 Å². The molecule has 1 aliphatic rings. The van der Waals surface area contributed by atoms with E-state index in [1.165, 1.54) is 22.7 Å². The van der Waals surface area contributed by atoms with Crippen LogP contribution in [0.15, 0.2) is 85.2 Å². The Balaban J connectivity index is 0.000000220. The molecule has 2 heterocycles. The molecule has 222 valence electrons. The van der Waals surface area contributed by atoms with Crippen LogP contribution in [0.1, 0.15) is 52.1 Å². The van der Waals surface area contributed by atoms with Crippen LogP contribution in [0.25, 0.3) is 0 Å². The number of benzene rings is 3. The lowest BCUT2D eigenvalue weighted by atomic mass is 9.78. The summed E-state index contributed by atoms with van der Waals surface area (Å²) in [4.78, 5) is 23.9. The third kappa shape index (κ3) is 7.75. The first-order chi connectivity index (χ1) is 20.9. The van der Waals surface area contributed by atoms with Crippen LogP contribution in [-0.4, -0.2) is 23.0 Å². The van der Waals surface area contributed by atoms with E-state index in [9.17, 15) is 4.79 Å². The third-order valence-corrected chi connectivity index (χ3v) is 10.0. The van der Waals surface area contributed by atoms with E-state index in [-0.39, 0.29) is 5.91 Å². The maximum Gasteiger partial charge on any atom is 0.236 e. The summed E-state index contributed by atoms with van der Waals surface area (Å²) >= 11 is 15.3. The number of anilines is 2. The quantitative estimate of drug-likeness (QED) is 0.175. The third-order valence-electron chi connectivity index (χ3n) is 7.52. The van der Waals surface area contributed by atoms with E-state index in [2.05, 4.69) is 15.3 Å². The topological polar surface area (TPSA) is 90.1 Å². The number of nitrogen functional groups attached to an aromatic ring is 1. The number of hydrogen-bond donors (Lipinski definition) is 2. The van der Waals surface area contributed by atoms with E-state index in [0.29, 0.717) is 16.7 Å². The molecule has 1 saturated carbocycles. The molecule has 0 atom stereocenters. The summed E-state index contributed by atoms with van der Waals surface area (Å²) in [5.41, 5.74) is 8.25. The summed E-state index contributed by atoms with van der Waals surface area (Å²) in [6, 6.07) is 23.5. The number of nitrogens with two attached hydrogens (primary N) is 1. The van der Waals surface area contributed by atoms with Gasteiger partial charge in [0.25, 0.3) is 0 Å². The Labute approximate surface area is 269 Å². The van der Waals surface area contributed by atoms with E-state index in [1.54, 1.807) is 13.3 Å². The van der Waals surface area contributed by atoms with Gasteiger partial charge in [-0.25, -0.2) is 9.97 Å². The van der Waals surface area contributed by atoms with Gasteiger partial charge < -0.3 is 15.8 Å². The fourth-order valence-corrected chi connectivity index (χ4v) is 7.21. The van der Waals surface area contributed by atoms with Gasteiger partial charge in [-0.15, -0.1) is 22.7 Å². The van der Waals surface area contributed by atoms with E-state index >= 15 is 0 Å². The maximum atomic E-state index is 13.3. The first kappa shape index (κ1) is 31.0. The molecule has 10 heteroatoms. The van der Waals surface area contributed by atoms with E-state index in [0.717, 1.165) is 74.3 Å². The average Bonchev–Trinajstić information content (AvgIpc) is 3.78. The number of hydrogen-bond acceptors (Lipinski definition) is 7. The number of ether oxygens (including phenoxy) is 1.